The van der Waals surface area contributed by atoms with Gasteiger partial charge in [0, 0.05) is 26.5 Å². The van der Waals surface area contributed by atoms with Gasteiger partial charge in [0.25, 0.3) is 0 Å². The molecule has 0 heterocycles. The van der Waals surface area contributed by atoms with Crippen molar-refractivity contribution in [3.63, 3.8) is 0 Å². The molecule has 0 N–H and O–H groups in total. The molecule has 4 heteroatoms. The second-order valence-corrected chi connectivity index (χ2v) is 6.34. The van der Waals surface area contributed by atoms with E-state index in [1.807, 2.05) is 24.3 Å². The van der Waals surface area contributed by atoms with Crippen molar-refractivity contribution in [3.8, 4) is 0 Å². The standard InChI is InChI=1S/C15H11Cl2IO/c16-12-4-3-11(15(17)9-12)8-14(19)7-10-1-5-13(18)6-2-10/h1-6,9H,7-8H2. The van der Waals surface area contributed by atoms with Crippen LogP contribution in [-0.4, -0.2) is 5.78 Å². The van der Waals surface area contributed by atoms with Crippen molar-refractivity contribution >= 4 is 51.6 Å². The second-order valence-electron chi connectivity index (χ2n) is 4.25. The number of carbonyl (C=O) groups excluding carboxylic acids is 1. The minimum absolute atomic E-state index is 0.144. The lowest BCUT2D eigenvalue weighted by molar-refractivity contribution is -0.117. The molecule has 2 rings (SSSR count). The van der Waals surface area contributed by atoms with E-state index < -0.39 is 0 Å². The van der Waals surface area contributed by atoms with E-state index in [-0.39, 0.29) is 5.78 Å². The zero-order chi connectivity index (χ0) is 13.8. The molecule has 0 bridgehead atoms. The number of halogens is 3. The summed E-state index contributed by atoms with van der Waals surface area (Å²) in [4.78, 5) is 12.0. The van der Waals surface area contributed by atoms with E-state index in [2.05, 4.69) is 22.6 Å². The summed E-state index contributed by atoms with van der Waals surface area (Å²) in [6, 6.07) is 13.2. The van der Waals surface area contributed by atoms with Crippen LogP contribution in [0, 0.1) is 3.57 Å². The van der Waals surface area contributed by atoms with E-state index in [4.69, 9.17) is 23.2 Å². The van der Waals surface area contributed by atoms with Crippen LogP contribution in [0.1, 0.15) is 11.1 Å². The Balaban J connectivity index is 2.03. The first-order valence-electron chi connectivity index (χ1n) is 5.74. The van der Waals surface area contributed by atoms with Crippen molar-refractivity contribution in [2.75, 3.05) is 0 Å². The van der Waals surface area contributed by atoms with Gasteiger partial charge in [-0.2, -0.15) is 0 Å². The summed E-state index contributed by atoms with van der Waals surface area (Å²) in [5.41, 5.74) is 1.84. The first-order chi connectivity index (χ1) is 9.04. The molecule has 0 spiro atoms. The molecule has 0 aliphatic rings. The molecule has 0 aromatic heterocycles. The van der Waals surface area contributed by atoms with Crippen LogP contribution in [0.4, 0.5) is 0 Å². The Hall–Kier alpha value is -0.580. The van der Waals surface area contributed by atoms with Gasteiger partial charge in [0.05, 0.1) is 0 Å². The van der Waals surface area contributed by atoms with Crippen LogP contribution in [0.25, 0.3) is 0 Å². The van der Waals surface area contributed by atoms with E-state index >= 15 is 0 Å². The number of hydrogen-bond donors (Lipinski definition) is 0. The van der Waals surface area contributed by atoms with Crippen LogP contribution >= 0.6 is 45.8 Å². The van der Waals surface area contributed by atoms with Gasteiger partial charge in [-0.25, -0.2) is 0 Å². The fourth-order valence-corrected chi connectivity index (χ4v) is 2.60. The van der Waals surface area contributed by atoms with E-state index in [1.165, 1.54) is 0 Å². The Bertz CT molecular complexity index is 594. The molecule has 0 aliphatic carbocycles. The zero-order valence-electron chi connectivity index (χ0n) is 10.00. The van der Waals surface area contributed by atoms with Crippen molar-refractivity contribution in [2.24, 2.45) is 0 Å². The van der Waals surface area contributed by atoms with Crippen molar-refractivity contribution in [2.45, 2.75) is 12.8 Å². The molecule has 0 amide bonds. The van der Waals surface area contributed by atoms with Crippen molar-refractivity contribution in [3.05, 3.63) is 67.2 Å². The quantitative estimate of drug-likeness (QED) is 0.658. The molecule has 2 aromatic rings. The summed E-state index contributed by atoms with van der Waals surface area (Å²) in [6.07, 6.45) is 0.762. The van der Waals surface area contributed by atoms with Crippen LogP contribution in [0.3, 0.4) is 0 Å². The number of Topliss-reactive ketones (excluding diaryl/α,β-unsaturated/α-hetero) is 1. The normalized spacial score (nSPS) is 10.5. The smallest absolute Gasteiger partial charge is 0.141 e. The molecule has 0 aliphatic heterocycles. The van der Waals surface area contributed by atoms with E-state index in [1.54, 1.807) is 18.2 Å². The highest BCUT2D eigenvalue weighted by molar-refractivity contribution is 14.1. The predicted octanol–water partition coefficient (Wildman–Crippen LogP) is 4.95. The molecule has 0 saturated heterocycles. The second kappa shape index (κ2) is 6.73. The minimum atomic E-state index is 0.144. The molecule has 0 fully saturated rings. The summed E-state index contributed by atoms with van der Waals surface area (Å²) in [6.45, 7) is 0. The minimum Gasteiger partial charge on any atom is -0.299 e. The highest BCUT2D eigenvalue weighted by Gasteiger charge is 2.08. The van der Waals surface area contributed by atoms with Crippen LogP contribution < -0.4 is 0 Å². The Morgan fingerprint density at radius 3 is 2.32 bits per heavy atom. The van der Waals surface area contributed by atoms with Gasteiger partial charge in [-0.05, 0) is 58.0 Å². The molecule has 98 valence electrons. The maximum atomic E-state index is 12.0. The molecule has 0 saturated carbocycles. The van der Waals surface area contributed by atoms with Crippen molar-refractivity contribution in [1.29, 1.82) is 0 Å². The Morgan fingerprint density at radius 2 is 1.68 bits per heavy atom. The number of ketones is 1. The van der Waals surface area contributed by atoms with Gasteiger partial charge in [0.1, 0.15) is 5.78 Å². The fourth-order valence-electron chi connectivity index (χ4n) is 1.77. The van der Waals surface area contributed by atoms with Crippen molar-refractivity contribution in [1.82, 2.24) is 0 Å². The molecule has 19 heavy (non-hydrogen) atoms. The molecular formula is C15H11Cl2IO. The van der Waals surface area contributed by atoms with Crippen LogP contribution in [0.15, 0.2) is 42.5 Å². The lowest BCUT2D eigenvalue weighted by atomic mass is 10.0. The average molecular weight is 405 g/mol. The van der Waals surface area contributed by atoms with Crippen LogP contribution in [0.2, 0.25) is 10.0 Å². The molecule has 2 aromatic carbocycles. The number of hydrogen-bond acceptors (Lipinski definition) is 1. The molecule has 1 nitrogen and oxygen atoms in total. The monoisotopic (exact) mass is 404 g/mol. The first-order valence-corrected chi connectivity index (χ1v) is 7.58. The summed E-state index contributed by atoms with van der Waals surface area (Å²) in [5.74, 6) is 0.144. The average Bonchev–Trinajstić information content (AvgIpc) is 2.36. The van der Waals surface area contributed by atoms with E-state index in [9.17, 15) is 4.79 Å². The topological polar surface area (TPSA) is 17.1 Å². The van der Waals surface area contributed by atoms with E-state index in [0.717, 1.165) is 14.7 Å². The van der Waals surface area contributed by atoms with Gasteiger partial charge in [0.15, 0.2) is 0 Å². The summed E-state index contributed by atoms with van der Waals surface area (Å²) >= 11 is 14.1. The largest absolute Gasteiger partial charge is 0.299 e. The predicted molar refractivity (Wildman–Crippen MR) is 88.0 cm³/mol. The van der Waals surface area contributed by atoms with Gasteiger partial charge in [-0.1, -0.05) is 41.4 Å². The zero-order valence-corrected chi connectivity index (χ0v) is 13.7. The van der Waals surface area contributed by atoms with Crippen LogP contribution in [-0.2, 0) is 17.6 Å². The van der Waals surface area contributed by atoms with Gasteiger partial charge in [-0.15, -0.1) is 0 Å². The highest BCUT2D eigenvalue weighted by atomic mass is 127. The maximum absolute atomic E-state index is 12.0. The Morgan fingerprint density at radius 1 is 1.00 bits per heavy atom. The maximum Gasteiger partial charge on any atom is 0.141 e. The number of benzene rings is 2. The number of carbonyl (C=O) groups is 1. The van der Waals surface area contributed by atoms with Gasteiger partial charge >= 0.3 is 0 Å². The lowest BCUT2D eigenvalue weighted by Gasteiger charge is -2.05. The highest BCUT2D eigenvalue weighted by Crippen LogP contribution is 2.22. The third kappa shape index (κ3) is 4.48. The van der Waals surface area contributed by atoms with Gasteiger partial charge in [0.2, 0.25) is 0 Å². The third-order valence-electron chi connectivity index (χ3n) is 2.72. The lowest BCUT2D eigenvalue weighted by Crippen LogP contribution is -2.07. The molecule has 0 radical (unpaired) electrons. The summed E-state index contributed by atoms with van der Waals surface area (Å²) in [7, 11) is 0. The number of rotatable bonds is 4. The van der Waals surface area contributed by atoms with E-state index in [0.29, 0.717) is 22.9 Å². The Kier molecular flexibility index (Phi) is 5.25. The SMILES string of the molecule is O=C(Cc1ccc(I)cc1)Cc1ccc(Cl)cc1Cl. The molecule has 0 atom stereocenters. The van der Waals surface area contributed by atoms with Crippen molar-refractivity contribution < 1.29 is 4.79 Å². The van der Waals surface area contributed by atoms with Crippen LogP contribution in [0.5, 0.6) is 0 Å². The molecular weight excluding hydrogens is 394 g/mol. The summed E-state index contributed by atoms with van der Waals surface area (Å²) < 4.78 is 1.16. The fraction of sp³-hybridized carbons (Fsp3) is 0.133. The third-order valence-corrected chi connectivity index (χ3v) is 4.02. The summed E-state index contributed by atoms with van der Waals surface area (Å²) in [5, 5.41) is 1.13. The Labute approximate surface area is 136 Å². The molecule has 0 unspecified atom stereocenters. The van der Waals surface area contributed by atoms with Gasteiger partial charge < -0.3 is 0 Å². The first kappa shape index (κ1) is 14.8. The van der Waals surface area contributed by atoms with Gasteiger partial charge in [-0.3, -0.25) is 4.79 Å².